The third kappa shape index (κ3) is 10.6. The molecule has 8 aromatic carbocycles. The van der Waals surface area contributed by atoms with E-state index in [1.807, 2.05) is 206 Å². The van der Waals surface area contributed by atoms with Gasteiger partial charge in [-0.05, 0) is 146 Å². The zero-order valence-electron chi connectivity index (χ0n) is 31.6. The van der Waals surface area contributed by atoms with Gasteiger partial charge in [-0.3, -0.25) is 9.59 Å². The number of ketones is 2. The molecule has 8 rings (SSSR count). The van der Waals surface area contributed by atoms with Crippen molar-refractivity contribution in [2.75, 3.05) is 32.7 Å². The molecule has 8 nitrogen and oxygen atoms in total. The van der Waals surface area contributed by atoms with Crippen molar-refractivity contribution in [3.63, 3.8) is 0 Å². The minimum atomic E-state index is 0.0200. The molecule has 0 aliphatic rings. The topological polar surface area (TPSA) is 134 Å². The zero-order chi connectivity index (χ0) is 40.1. The Balaban J connectivity index is 0.000000199. The highest BCUT2D eigenvalue weighted by Gasteiger charge is 2.09. The van der Waals surface area contributed by atoms with Crippen molar-refractivity contribution in [1.82, 2.24) is 0 Å². The van der Waals surface area contributed by atoms with Gasteiger partial charge in [-0.25, -0.2) is 0 Å². The Morgan fingerprint density at radius 3 is 0.690 bits per heavy atom. The molecular formula is C50H42N6O2. The number of nitrogens with one attached hydrogen (secondary N) is 4. The molecule has 0 saturated heterocycles. The predicted molar refractivity (Wildman–Crippen MR) is 240 cm³/mol. The molecule has 0 saturated carbocycles. The van der Waals surface area contributed by atoms with Crippen LogP contribution in [0.15, 0.2) is 206 Å². The monoisotopic (exact) mass is 758 g/mol. The minimum Gasteiger partial charge on any atom is -0.399 e. The number of carbonyl (C=O) groups excluding carboxylic acids is 2. The third-order valence-electron chi connectivity index (χ3n) is 9.11. The molecule has 0 aromatic heterocycles. The molecule has 0 bridgehead atoms. The molecule has 284 valence electrons. The molecule has 0 heterocycles. The molecule has 8 N–H and O–H groups in total. The van der Waals surface area contributed by atoms with Crippen LogP contribution in [0, 0.1) is 0 Å². The lowest BCUT2D eigenvalue weighted by molar-refractivity contribution is 0.103. The van der Waals surface area contributed by atoms with Gasteiger partial charge in [0.15, 0.2) is 11.6 Å². The first kappa shape index (κ1) is 38.2. The molecule has 0 atom stereocenters. The van der Waals surface area contributed by atoms with Crippen LogP contribution in [0.2, 0.25) is 0 Å². The number of hydrogen-bond donors (Lipinski definition) is 6. The van der Waals surface area contributed by atoms with Gasteiger partial charge >= 0.3 is 0 Å². The number of nitrogen functional groups attached to an aromatic ring is 2. The fraction of sp³-hybridized carbons (Fsp3) is 0. The predicted octanol–water partition coefficient (Wildman–Crippen LogP) is 12.0. The summed E-state index contributed by atoms with van der Waals surface area (Å²) in [5.74, 6) is 0.0475. The standard InChI is InChI=1S/C31H26N4O.C19H16N2O/c32-24-8-12-26(13-9-24)34-28-16-20-30(21-17-28)35-29-18-14-27(15-19-29)33-25-10-6-23(7-11-25)31(36)22-4-2-1-3-5-22;20-16-8-12-18(13-9-16)21-17-10-6-15(7-11-17)19(22)14-4-2-1-3-5-14/h1-21,33-35H,32H2;1-13,21H,20H2. The fourth-order valence-electron chi connectivity index (χ4n) is 6.00. The Morgan fingerprint density at radius 1 is 0.259 bits per heavy atom. The zero-order valence-corrected chi connectivity index (χ0v) is 31.6. The van der Waals surface area contributed by atoms with E-state index in [0.717, 1.165) is 56.9 Å². The Hall–Kier alpha value is -8.10. The van der Waals surface area contributed by atoms with Crippen molar-refractivity contribution in [3.05, 3.63) is 229 Å². The normalized spacial score (nSPS) is 10.3. The van der Waals surface area contributed by atoms with Crippen LogP contribution in [0.4, 0.5) is 56.9 Å². The van der Waals surface area contributed by atoms with E-state index in [1.165, 1.54) is 0 Å². The smallest absolute Gasteiger partial charge is 0.193 e. The third-order valence-corrected chi connectivity index (χ3v) is 9.11. The van der Waals surface area contributed by atoms with Crippen LogP contribution in [0.3, 0.4) is 0 Å². The molecule has 0 aliphatic carbocycles. The number of benzene rings is 8. The second-order valence-electron chi connectivity index (χ2n) is 13.4. The van der Waals surface area contributed by atoms with Crippen LogP contribution in [0.25, 0.3) is 0 Å². The summed E-state index contributed by atoms with van der Waals surface area (Å²) in [7, 11) is 0. The lowest BCUT2D eigenvalue weighted by Crippen LogP contribution is -2.01. The quantitative estimate of drug-likeness (QED) is 0.0536. The lowest BCUT2D eigenvalue weighted by Gasteiger charge is -2.11. The van der Waals surface area contributed by atoms with Crippen molar-refractivity contribution in [2.45, 2.75) is 0 Å². The highest BCUT2D eigenvalue weighted by Crippen LogP contribution is 2.25. The van der Waals surface area contributed by atoms with Crippen molar-refractivity contribution in [2.24, 2.45) is 0 Å². The molecule has 8 aromatic rings. The van der Waals surface area contributed by atoms with E-state index in [-0.39, 0.29) is 11.6 Å². The van der Waals surface area contributed by atoms with Gasteiger partial charge in [-0.2, -0.15) is 0 Å². The van der Waals surface area contributed by atoms with Crippen LogP contribution in [-0.2, 0) is 0 Å². The van der Waals surface area contributed by atoms with Gasteiger partial charge in [-0.15, -0.1) is 0 Å². The number of nitrogens with two attached hydrogens (primary N) is 2. The van der Waals surface area contributed by atoms with E-state index in [9.17, 15) is 9.59 Å². The van der Waals surface area contributed by atoms with E-state index in [2.05, 4.69) is 21.3 Å². The second-order valence-corrected chi connectivity index (χ2v) is 13.4. The lowest BCUT2D eigenvalue weighted by atomic mass is 10.0. The SMILES string of the molecule is Nc1ccc(Nc2ccc(C(=O)c3ccccc3)cc2)cc1.Nc1ccc(Nc2ccc(Nc3ccc(Nc4ccc(C(=O)c5ccccc5)cc4)cc3)cc2)cc1. The van der Waals surface area contributed by atoms with Crippen molar-refractivity contribution >= 4 is 68.4 Å². The maximum Gasteiger partial charge on any atom is 0.193 e. The van der Waals surface area contributed by atoms with Gasteiger partial charge in [0, 0.05) is 79.1 Å². The summed E-state index contributed by atoms with van der Waals surface area (Å²) in [5.41, 5.74) is 23.4. The molecule has 58 heavy (non-hydrogen) atoms. The van der Waals surface area contributed by atoms with Crippen LogP contribution in [0.1, 0.15) is 31.8 Å². The summed E-state index contributed by atoms with van der Waals surface area (Å²) in [5, 5.41) is 13.4. The fourth-order valence-corrected chi connectivity index (χ4v) is 6.00. The number of hydrogen-bond acceptors (Lipinski definition) is 8. The molecule has 0 radical (unpaired) electrons. The van der Waals surface area contributed by atoms with E-state index in [4.69, 9.17) is 11.5 Å². The number of rotatable bonds is 12. The van der Waals surface area contributed by atoms with Crippen molar-refractivity contribution in [1.29, 1.82) is 0 Å². The van der Waals surface area contributed by atoms with E-state index >= 15 is 0 Å². The van der Waals surface area contributed by atoms with Gasteiger partial charge in [-0.1, -0.05) is 60.7 Å². The van der Waals surface area contributed by atoms with Gasteiger partial charge in [0.05, 0.1) is 0 Å². The van der Waals surface area contributed by atoms with Crippen molar-refractivity contribution < 1.29 is 9.59 Å². The Morgan fingerprint density at radius 2 is 0.448 bits per heavy atom. The molecule has 0 aliphatic heterocycles. The van der Waals surface area contributed by atoms with Crippen LogP contribution < -0.4 is 32.7 Å². The number of anilines is 10. The van der Waals surface area contributed by atoms with Gasteiger partial charge in [0.2, 0.25) is 0 Å². The summed E-state index contributed by atoms with van der Waals surface area (Å²) in [4.78, 5) is 24.9. The van der Waals surface area contributed by atoms with Crippen LogP contribution >= 0.6 is 0 Å². The summed E-state index contributed by atoms with van der Waals surface area (Å²) in [6.45, 7) is 0. The highest BCUT2D eigenvalue weighted by atomic mass is 16.1. The van der Waals surface area contributed by atoms with E-state index in [0.29, 0.717) is 22.3 Å². The summed E-state index contributed by atoms with van der Waals surface area (Å²) >= 11 is 0. The van der Waals surface area contributed by atoms with Gasteiger partial charge < -0.3 is 32.7 Å². The Bertz CT molecular complexity index is 2540. The maximum atomic E-state index is 12.6. The summed E-state index contributed by atoms with van der Waals surface area (Å²) in [6, 6.07) is 64.9. The minimum absolute atomic E-state index is 0.0200. The largest absolute Gasteiger partial charge is 0.399 e. The van der Waals surface area contributed by atoms with Crippen LogP contribution in [-0.4, -0.2) is 11.6 Å². The van der Waals surface area contributed by atoms with Crippen molar-refractivity contribution in [3.8, 4) is 0 Å². The number of carbonyl (C=O) groups is 2. The Kier molecular flexibility index (Phi) is 12.2. The Labute approximate surface area is 338 Å². The summed E-state index contributed by atoms with van der Waals surface area (Å²) in [6.07, 6.45) is 0. The summed E-state index contributed by atoms with van der Waals surface area (Å²) < 4.78 is 0. The molecule has 0 spiro atoms. The van der Waals surface area contributed by atoms with E-state index in [1.54, 1.807) is 0 Å². The van der Waals surface area contributed by atoms with Crippen LogP contribution in [0.5, 0.6) is 0 Å². The average Bonchev–Trinajstić information content (AvgIpc) is 3.27. The highest BCUT2D eigenvalue weighted by molar-refractivity contribution is 6.09. The first-order valence-electron chi connectivity index (χ1n) is 18.7. The maximum absolute atomic E-state index is 12.6. The molecular weight excluding hydrogens is 717 g/mol. The van der Waals surface area contributed by atoms with E-state index < -0.39 is 0 Å². The van der Waals surface area contributed by atoms with Gasteiger partial charge in [0.1, 0.15) is 0 Å². The molecule has 0 unspecified atom stereocenters. The molecule has 8 heteroatoms. The first-order valence-corrected chi connectivity index (χ1v) is 18.7. The van der Waals surface area contributed by atoms with Gasteiger partial charge in [0.25, 0.3) is 0 Å². The molecule has 0 amide bonds. The molecule has 0 fully saturated rings. The average molecular weight is 759 g/mol. The second kappa shape index (κ2) is 18.5. The first-order chi connectivity index (χ1) is 28.3.